The number of benzene rings is 2. The van der Waals surface area contributed by atoms with E-state index < -0.39 is 0 Å². The third kappa shape index (κ3) is 1.87. The molecule has 0 spiro atoms. The number of rotatable bonds is 0. The number of carbonyl (C=O) groups is 1. The van der Waals surface area contributed by atoms with Crippen molar-refractivity contribution < 1.29 is 31.0 Å². The van der Waals surface area contributed by atoms with E-state index in [1.807, 2.05) is 25.1 Å². The Hall–Kier alpha value is -1.67. The Bertz CT molecular complexity index is 723. The van der Waals surface area contributed by atoms with Crippen LogP contribution >= 0.6 is 0 Å². The van der Waals surface area contributed by atoms with Gasteiger partial charge in [0.05, 0.1) is 0 Å². The molecule has 2 aromatic rings. The molecule has 2 aromatic carbocycles. The van der Waals surface area contributed by atoms with Crippen LogP contribution in [0.1, 0.15) is 21.5 Å². The largest absolute Gasteiger partial charge is 0.508 e. The Morgan fingerprint density at radius 3 is 2.68 bits per heavy atom. The first-order valence-corrected chi connectivity index (χ1v) is 5.62. The number of phenolic OH excluding ortho intramolecular Hbond substituents is 1. The summed E-state index contributed by atoms with van der Waals surface area (Å²) < 4.78 is 0. The van der Waals surface area contributed by atoms with Crippen LogP contribution < -0.4 is 0 Å². The molecule has 4 nitrogen and oxygen atoms in total. The fourth-order valence-corrected chi connectivity index (χ4v) is 2.35. The van der Waals surface area contributed by atoms with E-state index in [2.05, 4.69) is 10.3 Å². The standard InChI is InChI=1S/C14H12N2O2.W/c1-7-8-4-3-5-9-12(8)10(6-11(7)17)14(18)16-13(9)15-2;/h3-6H,1-2H3,(H2,15,16,17,18);/p-1. The molecular formula is C14H11N2O2W-. The van der Waals surface area contributed by atoms with Crippen molar-refractivity contribution in [2.75, 3.05) is 7.05 Å². The fraction of sp³-hybridized carbons (Fsp3) is 0.143. The average Bonchev–Trinajstić information content (AvgIpc) is 2.38. The predicted octanol–water partition coefficient (Wildman–Crippen LogP) is 2.76. The molecule has 0 bridgehead atoms. The molecule has 0 fully saturated rings. The van der Waals surface area contributed by atoms with Crippen LogP contribution in [0.2, 0.25) is 0 Å². The number of carbonyl (C=O) groups excluding carboxylic acids is 1. The molecule has 1 amide bonds. The molecular weight excluding hydrogens is 412 g/mol. The van der Waals surface area contributed by atoms with Gasteiger partial charge in [0, 0.05) is 32.0 Å². The number of hydrogen-bond acceptors (Lipinski definition) is 3. The minimum atomic E-state index is -0.352. The summed E-state index contributed by atoms with van der Waals surface area (Å²) >= 11 is 0. The van der Waals surface area contributed by atoms with Gasteiger partial charge in [-0.2, -0.15) is 0 Å². The monoisotopic (exact) mass is 423 g/mol. The Labute approximate surface area is 124 Å². The average molecular weight is 423 g/mol. The summed E-state index contributed by atoms with van der Waals surface area (Å²) in [6, 6.07) is 7.15. The van der Waals surface area contributed by atoms with Crippen LogP contribution in [0.4, 0.5) is 0 Å². The Balaban J connectivity index is 0.00000133. The van der Waals surface area contributed by atoms with E-state index in [9.17, 15) is 9.90 Å². The molecule has 1 heterocycles. The molecule has 0 aliphatic carbocycles. The summed E-state index contributed by atoms with van der Waals surface area (Å²) in [6.45, 7) is 1.83. The summed E-state index contributed by atoms with van der Waals surface area (Å²) in [5, 5.41) is 15.5. The normalized spacial score (nSPS) is 15.3. The molecule has 1 aliphatic heterocycles. The molecule has 0 saturated carbocycles. The summed E-state index contributed by atoms with van der Waals surface area (Å²) in [4.78, 5) is 16.0. The molecule has 1 N–H and O–H groups in total. The number of hydrogen-bond donors (Lipinski definition) is 1. The van der Waals surface area contributed by atoms with Crippen LogP contribution in [0.5, 0.6) is 5.75 Å². The number of aliphatic imine (C=N–C) groups is 1. The van der Waals surface area contributed by atoms with Crippen molar-refractivity contribution in [1.82, 2.24) is 0 Å². The smallest absolute Gasteiger partial charge is 0.179 e. The van der Waals surface area contributed by atoms with E-state index in [1.165, 1.54) is 6.07 Å². The van der Waals surface area contributed by atoms with Crippen LogP contribution in [0.3, 0.4) is 0 Å². The number of nitrogens with zero attached hydrogens (tertiary/aromatic N) is 2. The molecule has 1 aliphatic rings. The summed E-state index contributed by atoms with van der Waals surface area (Å²) in [7, 11) is 1.61. The van der Waals surface area contributed by atoms with Gasteiger partial charge in [0.15, 0.2) is 5.91 Å². The van der Waals surface area contributed by atoms with E-state index in [4.69, 9.17) is 0 Å². The first-order valence-electron chi connectivity index (χ1n) is 5.62. The molecule has 0 unspecified atom stereocenters. The number of aromatic hydroxyl groups is 1. The van der Waals surface area contributed by atoms with Gasteiger partial charge in [-0.05, 0) is 29.5 Å². The van der Waals surface area contributed by atoms with Crippen molar-refractivity contribution in [3.63, 3.8) is 0 Å². The summed E-state index contributed by atoms with van der Waals surface area (Å²) in [5.74, 6) is 0.216. The minimum absolute atomic E-state index is 0. The Kier molecular flexibility index (Phi) is 3.46. The van der Waals surface area contributed by atoms with Gasteiger partial charge in [-0.1, -0.05) is 31.1 Å². The van der Waals surface area contributed by atoms with Gasteiger partial charge < -0.3 is 15.4 Å². The SMILES string of the molecule is CN=C1[N-]C(=O)c2cc(O)c(C)c3cccc1c23.[W]. The maximum atomic E-state index is 11.9. The molecule has 5 heteroatoms. The van der Waals surface area contributed by atoms with E-state index in [0.717, 1.165) is 21.9 Å². The zero-order valence-corrected chi connectivity index (χ0v) is 13.4. The van der Waals surface area contributed by atoms with Crippen molar-refractivity contribution in [1.29, 1.82) is 0 Å². The number of amides is 1. The van der Waals surface area contributed by atoms with Crippen molar-refractivity contribution in [3.05, 3.63) is 46.3 Å². The molecule has 3 rings (SSSR count). The van der Waals surface area contributed by atoms with Crippen molar-refractivity contribution in [3.8, 4) is 5.75 Å². The first kappa shape index (κ1) is 13.8. The molecule has 0 saturated heterocycles. The maximum Gasteiger partial charge on any atom is 0.179 e. The van der Waals surface area contributed by atoms with Gasteiger partial charge >= 0.3 is 0 Å². The van der Waals surface area contributed by atoms with Crippen LogP contribution in [-0.2, 0) is 21.1 Å². The Morgan fingerprint density at radius 1 is 1.26 bits per heavy atom. The topological polar surface area (TPSA) is 63.8 Å². The summed E-state index contributed by atoms with van der Waals surface area (Å²) in [6.07, 6.45) is 0. The quantitative estimate of drug-likeness (QED) is 0.709. The molecule has 0 aromatic heterocycles. The summed E-state index contributed by atoms with van der Waals surface area (Å²) in [5.41, 5.74) is 2.05. The number of amidine groups is 1. The van der Waals surface area contributed by atoms with Crippen molar-refractivity contribution in [2.45, 2.75) is 6.92 Å². The van der Waals surface area contributed by atoms with Crippen molar-refractivity contribution in [2.24, 2.45) is 4.99 Å². The molecule has 96 valence electrons. The maximum absolute atomic E-state index is 11.9. The van der Waals surface area contributed by atoms with Gasteiger partial charge in [-0.3, -0.25) is 4.79 Å². The second-order valence-electron chi connectivity index (χ2n) is 4.26. The van der Waals surface area contributed by atoms with Crippen LogP contribution in [-0.4, -0.2) is 23.9 Å². The Morgan fingerprint density at radius 2 is 2.00 bits per heavy atom. The van der Waals surface area contributed by atoms with E-state index >= 15 is 0 Å². The van der Waals surface area contributed by atoms with Crippen LogP contribution in [0.15, 0.2) is 29.3 Å². The number of phenols is 1. The predicted molar refractivity (Wildman–Crippen MR) is 70.5 cm³/mol. The van der Waals surface area contributed by atoms with Gasteiger partial charge in [-0.15, -0.1) is 0 Å². The molecule has 0 radical (unpaired) electrons. The van der Waals surface area contributed by atoms with E-state index in [-0.39, 0.29) is 32.7 Å². The fourth-order valence-electron chi connectivity index (χ4n) is 2.35. The zero-order valence-electron chi connectivity index (χ0n) is 10.5. The van der Waals surface area contributed by atoms with Crippen LogP contribution in [0, 0.1) is 6.92 Å². The molecule has 0 atom stereocenters. The third-order valence-corrected chi connectivity index (χ3v) is 3.29. The molecule has 19 heavy (non-hydrogen) atoms. The second-order valence-corrected chi connectivity index (χ2v) is 4.26. The minimum Gasteiger partial charge on any atom is -0.508 e. The van der Waals surface area contributed by atoms with E-state index in [0.29, 0.717) is 11.4 Å². The van der Waals surface area contributed by atoms with Gasteiger partial charge in [0.1, 0.15) is 5.75 Å². The van der Waals surface area contributed by atoms with Gasteiger partial charge in [0.25, 0.3) is 0 Å². The van der Waals surface area contributed by atoms with Gasteiger partial charge in [0.2, 0.25) is 0 Å². The first-order chi connectivity index (χ1) is 8.63. The van der Waals surface area contributed by atoms with Crippen LogP contribution in [0.25, 0.3) is 16.1 Å². The number of aryl methyl sites for hydroxylation is 1. The van der Waals surface area contributed by atoms with Crippen molar-refractivity contribution >= 4 is 22.5 Å². The zero-order chi connectivity index (χ0) is 12.9. The second kappa shape index (κ2) is 4.78. The third-order valence-electron chi connectivity index (χ3n) is 3.29. The van der Waals surface area contributed by atoms with Gasteiger partial charge in [-0.25, -0.2) is 0 Å². The van der Waals surface area contributed by atoms with E-state index in [1.54, 1.807) is 7.05 Å².